The fourth-order valence-electron chi connectivity index (χ4n) is 1.46. The van der Waals surface area contributed by atoms with Gasteiger partial charge in [0, 0.05) is 11.1 Å². The van der Waals surface area contributed by atoms with Gasteiger partial charge < -0.3 is 4.74 Å². The summed E-state index contributed by atoms with van der Waals surface area (Å²) in [6.45, 7) is 3.54. The minimum atomic E-state index is 0.488. The number of aldehydes is 2. The molecule has 14 heavy (non-hydrogen) atoms. The van der Waals surface area contributed by atoms with Crippen LogP contribution in [-0.2, 0) is 0 Å². The van der Waals surface area contributed by atoms with E-state index in [9.17, 15) is 9.59 Å². The molecule has 0 saturated heterocycles. The Morgan fingerprint density at radius 2 is 1.86 bits per heavy atom. The summed E-state index contributed by atoms with van der Waals surface area (Å²) >= 11 is 0. The third kappa shape index (κ3) is 1.53. The summed E-state index contributed by atoms with van der Waals surface area (Å²) in [4.78, 5) is 21.5. The third-order valence-electron chi connectivity index (χ3n) is 2.26. The Hall–Kier alpha value is -1.64. The van der Waals surface area contributed by atoms with Crippen LogP contribution in [0.2, 0.25) is 0 Å². The van der Waals surface area contributed by atoms with Gasteiger partial charge in [-0.2, -0.15) is 0 Å². The molecule has 1 aromatic carbocycles. The molecule has 0 saturated carbocycles. The smallest absolute Gasteiger partial charge is 0.154 e. The first kappa shape index (κ1) is 10.4. The van der Waals surface area contributed by atoms with Crippen LogP contribution in [0.5, 0.6) is 5.75 Å². The number of benzene rings is 1. The lowest BCUT2D eigenvalue weighted by Gasteiger charge is -2.11. The topological polar surface area (TPSA) is 43.4 Å². The van der Waals surface area contributed by atoms with Crippen molar-refractivity contribution < 1.29 is 14.3 Å². The fraction of sp³-hybridized carbons (Fsp3) is 0.273. The zero-order chi connectivity index (χ0) is 10.7. The zero-order valence-electron chi connectivity index (χ0n) is 8.46. The molecule has 0 radical (unpaired) electrons. The van der Waals surface area contributed by atoms with Gasteiger partial charge in [0.25, 0.3) is 0 Å². The summed E-state index contributed by atoms with van der Waals surface area (Å²) in [7, 11) is 1.49. The monoisotopic (exact) mass is 192 g/mol. The van der Waals surface area contributed by atoms with Gasteiger partial charge in [0.05, 0.1) is 12.7 Å². The Bertz CT molecular complexity index is 381. The van der Waals surface area contributed by atoms with Crippen LogP contribution in [0.25, 0.3) is 0 Å². The van der Waals surface area contributed by atoms with E-state index in [-0.39, 0.29) is 0 Å². The van der Waals surface area contributed by atoms with E-state index in [4.69, 9.17) is 4.74 Å². The van der Waals surface area contributed by atoms with Crippen LogP contribution in [0, 0.1) is 13.8 Å². The van der Waals surface area contributed by atoms with Crippen molar-refractivity contribution in [2.24, 2.45) is 0 Å². The maximum Gasteiger partial charge on any atom is 0.154 e. The summed E-state index contributed by atoms with van der Waals surface area (Å²) in [5.74, 6) is 0.488. The van der Waals surface area contributed by atoms with Gasteiger partial charge in [-0.3, -0.25) is 9.59 Å². The van der Waals surface area contributed by atoms with Crippen molar-refractivity contribution in [3.8, 4) is 5.75 Å². The van der Waals surface area contributed by atoms with Crippen LogP contribution in [0.4, 0.5) is 0 Å². The highest BCUT2D eigenvalue weighted by molar-refractivity contribution is 5.88. The highest BCUT2D eigenvalue weighted by atomic mass is 16.5. The highest BCUT2D eigenvalue weighted by Crippen LogP contribution is 2.27. The predicted octanol–water partition coefficient (Wildman–Crippen LogP) is 1.94. The van der Waals surface area contributed by atoms with Gasteiger partial charge in [0.15, 0.2) is 6.29 Å². The molecule has 3 nitrogen and oxygen atoms in total. The average Bonchev–Trinajstić information content (AvgIpc) is 2.20. The molecule has 0 fully saturated rings. The second-order valence-electron chi connectivity index (χ2n) is 3.09. The number of aryl methyl sites for hydroxylation is 1. The lowest BCUT2D eigenvalue weighted by molar-refractivity contribution is 0.110. The maximum atomic E-state index is 10.8. The minimum Gasteiger partial charge on any atom is -0.496 e. The first-order chi connectivity index (χ1) is 6.65. The summed E-state index contributed by atoms with van der Waals surface area (Å²) in [5, 5.41) is 0. The van der Waals surface area contributed by atoms with Crippen molar-refractivity contribution in [1.82, 2.24) is 0 Å². The van der Waals surface area contributed by atoms with E-state index in [1.54, 1.807) is 19.9 Å². The lowest BCUT2D eigenvalue weighted by atomic mass is 10.00. The van der Waals surface area contributed by atoms with Gasteiger partial charge in [0.1, 0.15) is 12.0 Å². The molecular formula is C11H12O3. The minimum absolute atomic E-state index is 0.488. The first-order valence-corrected chi connectivity index (χ1v) is 4.24. The van der Waals surface area contributed by atoms with E-state index in [2.05, 4.69) is 0 Å². The zero-order valence-corrected chi connectivity index (χ0v) is 8.46. The molecule has 0 spiro atoms. The third-order valence-corrected chi connectivity index (χ3v) is 2.26. The molecule has 0 unspecified atom stereocenters. The SMILES string of the molecule is COc1c(C)c(C=O)cc(C)c1C=O. The number of carbonyl (C=O) groups is 2. The van der Waals surface area contributed by atoms with Crippen LogP contribution in [0.3, 0.4) is 0 Å². The van der Waals surface area contributed by atoms with Gasteiger partial charge >= 0.3 is 0 Å². The van der Waals surface area contributed by atoms with Gasteiger partial charge in [-0.05, 0) is 25.5 Å². The van der Waals surface area contributed by atoms with Crippen LogP contribution in [0.1, 0.15) is 31.8 Å². The molecule has 1 rings (SSSR count). The van der Waals surface area contributed by atoms with Crippen molar-refractivity contribution in [1.29, 1.82) is 0 Å². The van der Waals surface area contributed by atoms with E-state index in [1.807, 2.05) is 0 Å². The van der Waals surface area contributed by atoms with Gasteiger partial charge in [-0.15, -0.1) is 0 Å². The second kappa shape index (κ2) is 4.05. The molecule has 74 valence electrons. The van der Waals surface area contributed by atoms with Crippen molar-refractivity contribution in [3.63, 3.8) is 0 Å². The summed E-state index contributed by atoms with van der Waals surface area (Å²) in [5.41, 5.74) is 2.53. The molecule has 3 heteroatoms. The predicted molar refractivity (Wildman–Crippen MR) is 53.2 cm³/mol. The number of ether oxygens (including phenoxy) is 1. The summed E-state index contributed by atoms with van der Waals surface area (Å²) in [6.07, 6.45) is 1.51. The summed E-state index contributed by atoms with van der Waals surface area (Å²) < 4.78 is 5.10. The molecular weight excluding hydrogens is 180 g/mol. The highest BCUT2D eigenvalue weighted by Gasteiger charge is 2.12. The molecule has 1 aromatic rings. The van der Waals surface area contributed by atoms with E-state index in [0.717, 1.165) is 18.1 Å². The Morgan fingerprint density at radius 3 is 2.29 bits per heavy atom. The van der Waals surface area contributed by atoms with Crippen LogP contribution in [-0.4, -0.2) is 19.7 Å². The van der Waals surface area contributed by atoms with Gasteiger partial charge in [0.2, 0.25) is 0 Å². The van der Waals surface area contributed by atoms with E-state index < -0.39 is 0 Å². The molecule has 0 heterocycles. The van der Waals surface area contributed by atoms with Crippen molar-refractivity contribution in [3.05, 3.63) is 28.3 Å². The molecule has 0 aliphatic rings. The Morgan fingerprint density at radius 1 is 1.21 bits per heavy atom. The number of hydrogen-bond acceptors (Lipinski definition) is 3. The molecule has 0 N–H and O–H groups in total. The molecule has 0 amide bonds. The van der Waals surface area contributed by atoms with Crippen molar-refractivity contribution in [2.75, 3.05) is 7.11 Å². The van der Waals surface area contributed by atoms with Crippen molar-refractivity contribution in [2.45, 2.75) is 13.8 Å². The van der Waals surface area contributed by atoms with Crippen LogP contribution < -0.4 is 4.74 Å². The largest absolute Gasteiger partial charge is 0.496 e. The van der Waals surface area contributed by atoms with E-state index in [0.29, 0.717) is 22.4 Å². The number of hydrogen-bond donors (Lipinski definition) is 0. The Balaban J connectivity index is 3.55. The molecule has 0 aliphatic heterocycles. The van der Waals surface area contributed by atoms with E-state index in [1.165, 1.54) is 7.11 Å². The maximum absolute atomic E-state index is 10.8. The first-order valence-electron chi connectivity index (χ1n) is 4.24. The number of carbonyl (C=O) groups excluding carboxylic acids is 2. The standard InChI is InChI=1S/C11H12O3/c1-7-4-9(5-12)8(2)11(14-3)10(7)6-13/h4-6H,1-3H3. The molecule has 0 bridgehead atoms. The average molecular weight is 192 g/mol. The fourth-order valence-corrected chi connectivity index (χ4v) is 1.46. The van der Waals surface area contributed by atoms with E-state index >= 15 is 0 Å². The van der Waals surface area contributed by atoms with Crippen LogP contribution in [0.15, 0.2) is 6.07 Å². The normalized spacial score (nSPS) is 9.64. The summed E-state index contributed by atoms with van der Waals surface area (Å²) in [6, 6.07) is 1.69. The Kier molecular flexibility index (Phi) is 3.02. The molecule has 0 aromatic heterocycles. The quantitative estimate of drug-likeness (QED) is 0.687. The Labute approximate surface area is 82.7 Å². The van der Waals surface area contributed by atoms with Crippen molar-refractivity contribution >= 4 is 12.6 Å². The second-order valence-corrected chi connectivity index (χ2v) is 3.09. The number of rotatable bonds is 3. The molecule has 0 aliphatic carbocycles. The van der Waals surface area contributed by atoms with Gasteiger partial charge in [-0.25, -0.2) is 0 Å². The number of methoxy groups -OCH3 is 1. The van der Waals surface area contributed by atoms with Gasteiger partial charge in [-0.1, -0.05) is 0 Å². The lowest BCUT2D eigenvalue weighted by Crippen LogP contribution is -2.00. The van der Waals surface area contributed by atoms with Crippen LogP contribution >= 0.6 is 0 Å². The molecule has 0 atom stereocenters.